The van der Waals surface area contributed by atoms with Gasteiger partial charge in [0, 0.05) is 0 Å². The highest BCUT2D eigenvalue weighted by Gasteiger charge is 2.37. The highest BCUT2D eigenvalue weighted by atomic mass is 19.4. The van der Waals surface area contributed by atoms with E-state index in [4.69, 9.17) is 0 Å². The molecule has 0 rings (SSSR count). The molecule has 0 aliphatic heterocycles. The second-order valence-electron chi connectivity index (χ2n) is 2.06. The molecule has 0 saturated carbocycles. The van der Waals surface area contributed by atoms with Gasteiger partial charge in [-0.2, -0.15) is 13.2 Å². The van der Waals surface area contributed by atoms with Crippen LogP contribution >= 0.6 is 0 Å². The molecule has 1 N–H and O–H groups in total. The third-order valence-corrected chi connectivity index (χ3v) is 1.25. The quantitative estimate of drug-likeness (QED) is 0.712. The molecule has 0 amide bonds. The number of nitrogens with one attached hydrogen (secondary N) is 1. The van der Waals surface area contributed by atoms with E-state index in [-0.39, 0.29) is 6.42 Å². The van der Waals surface area contributed by atoms with Crippen LogP contribution in [0.5, 0.6) is 0 Å². The van der Waals surface area contributed by atoms with Gasteiger partial charge in [-0.05, 0) is 13.0 Å². The van der Waals surface area contributed by atoms with Gasteiger partial charge in [0.15, 0.2) is 0 Å². The first-order valence-corrected chi connectivity index (χ1v) is 4.32. The molecule has 0 aliphatic carbocycles. The summed E-state index contributed by atoms with van der Waals surface area (Å²) >= 11 is 0. The molecule has 76 valence electrons. The van der Waals surface area contributed by atoms with Crippen molar-refractivity contribution in [1.82, 2.24) is 5.32 Å². The van der Waals surface area contributed by atoms with Crippen molar-refractivity contribution in [3.05, 3.63) is 0 Å². The molecular formula is C8H18F3N. The van der Waals surface area contributed by atoms with Crippen LogP contribution in [-0.4, -0.2) is 18.8 Å². The number of alkyl halides is 3. The number of halogens is 3. The van der Waals surface area contributed by atoms with E-state index in [0.29, 0.717) is 6.54 Å². The summed E-state index contributed by atoms with van der Waals surface area (Å²) in [6, 6.07) is -1.34. The van der Waals surface area contributed by atoms with E-state index in [0.717, 1.165) is 0 Å². The Bertz CT molecular complexity index is 90.8. The Balaban J connectivity index is 0. The van der Waals surface area contributed by atoms with E-state index < -0.39 is 12.2 Å². The van der Waals surface area contributed by atoms with Crippen molar-refractivity contribution in [3.8, 4) is 0 Å². The lowest BCUT2D eigenvalue weighted by molar-refractivity contribution is -0.156. The second-order valence-corrected chi connectivity index (χ2v) is 2.06. The Morgan fingerprint density at radius 1 is 1.17 bits per heavy atom. The molecule has 1 atom stereocenters. The van der Waals surface area contributed by atoms with Crippen molar-refractivity contribution in [1.29, 1.82) is 0 Å². The van der Waals surface area contributed by atoms with Crippen molar-refractivity contribution >= 4 is 0 Å². The topological polar surface area (TPSA) is 12.0 Å². The van der Waals surface area contributed by atoms with E-state index in [1.165, 1.54) is 6.92 Å². The molecule has 1 nitrogen and oxygen atoms in total. The summed E-state index contributed by atoms with van der Waals surface area (Å²) in [5, 5.41) is 2.35. The zero-order valence-electron chi connectivity index (χ0n) is 8.13. The summed E-state index contributed by atoms with van der Waals surface area (Å²) in [5.41, 5.74) is 0. The van der Waals surface area contributed by atoms with Gasteiger partial charge in [-0.3, -0.25) is 0 Å². The van der Waals surface area contributed by atoms with Gasteiger partial charge >= 0.3 is 6.18 Å². The van der Waals surface area contributed by atoms with Crippen LogP contribution in [0.2, 0.25) is 0 Å². The van der Waals surface area contributed by atoms with Crippen molar-refractivity contribution in [2.75, 3.05) is 6.54 Å². The Morgan fingerprint density at radius 3 is 1.67 bits per heavy atom. The van der Waals surface area contributed by atoms with Crippen LogP contribution < -0.4 is 5.32 Å². The Morgan fingerprint density at radius 2 is 1.58 bits per heavy atom. The highest BCUT2D eigenvalue weighted by Crippen LogP contribution is 2.21. The van der Waals surface area contributed by atoms with Crippen molar-refractivity contribution in [2.24, 2.45) is 0 Å². The summed E-state index contributed by atoms with van der Waals surface area (Å²) in [6.45, 7) is 7.53. The fraction of sp³-hybridized carbons (Fsp3) is 1.00. The van der Waals surface area contributed by atoms with Crippen LogP contribution in [0.4, 0.5) is 13.2 Å². The lowest BCUT2D eigenvalue weighted by Gasteiger charge is -2.18. The molecule has 0 radical (unpaired) electrons. The predicted octanol–water partition coefficient (Wildman–Crippen LogP) is 2.96. The van der Waals surface area contributed by atoms with Crippen molar-refractivity contribution < 1.29 is 13.2 Å². The maximum absolute atomic E-state index is 11.8. The van der Waals surface area contributed by atoms with Gasteiger partial charge in [0.2, 0.25) is 0 Å². The van der Waals surface area contributed by atoms with E-state index in [2.05, 4.69) is 5.32 Å². The van der Waals surface area contributed by atoms with Gasteiger partial charge in [0.1, 0.15) is 6.04 Å². The van der Waals surface area contributed by atoms with Crippen molar-refractivity contribution in [2.45, 2.75) is 46.3 Å². The molecular weight excluding hydrogens is 167 g/mol. The first-order valence-electron chi connectivity index (χ1n) is 4.32. The first kappa shape index (κ1) is 14.3. The van der Waals surface area contributed by atoms with Gasteiger partial charge in [-0.25, -0.2) is 0 Å². The minimum Gasteiger partial charge on any atom is -0.306 e. The van der Waals surface area contributed by atoms with Crippen molar-refractivity contribution in [3.63, 3.8) is 0 Å². The average molecular weight is 185 g/mol. The van der Waals surface area contributed by atoms with E-state index in [9.17, 15) is 13.2 Å². The molecule has 0 saturated heterocycles. The number of hydrogen-bond acceptors (Lipinski definition) is 1. The normalized spacial score (nSPS) is 13.2. The summed E-state index contributed by atoms with van der Waals surface area (Å²) in [4.78, 5) is 0. The lowest BCUT2D eigenvalue weighted by atomic mass is 10.2. The molecule has 0 fully saturated rings. The van der Waals surface area contributed by atoms with Crippen LogP contribution in [0.1, 0.15) is 34.1 Å². The Labute approximate surface area is 72.3 Å². The number of rotatable bonds is 3. The summed E-state index contributed by atoms with van der Waals surface area (Å²) in [5.74, 6) is 0. The minimum atomic E-state index is -4.09. The standard InChI is InChI=1S/C6H12F3N.C2H6/c1-3-5(10-4-2)6(7,8)9;1-2/h5,10H,3-4H2,1-2H3;1-2H3. The SMILES string of the molecule is CC.CCNC(CC)C(F)(F)F. The van der Waals surface area contributed by atoms with Gasteiger partial charge in [0.05, 0.1) is 0 Å². The van der Waals surface area contributed by atoms with E-state index in [1.807, 2.05) is 13.8 Å². The van der Waals surface area contributed by atoms with Crippen LogP contribution in [0, 0.1) is 0 Å². The molecule has 1 unspecified atom stereocenters. The minimum absolute atomic E-state index is 0.0946. The molecule has 12 heavy (non-hydrogen) atoms. The maximum Gasteiger partial charge on any atom is 0.403 e. The Kier molecular flexibility index (Phi) is 8.81. The molecule has 0 aliphatic rings. The second kappa shape index (κ2) is 7.40. The largest absolute Gasteiger partial charge is 0.403 e. The monoisotopic (exact) mass is 185 g/mol. The Hall–Kier alpha value is -0.250. The third-order valence-electron chi connectivity index (χ3n) is 1.25. The summed E-state index contributed by atoms with van der Waals surface area (Å²) in [7, 11) is 0. The smallest absolute Gasteiger partial charge is 0.306 e. The van der Waals surface area contributed by atoms with Crippen LogP contribution in [-0.2, 0) is 0 Å². The fourth-order valence-electron chi connectivity index (χ4n) is 0.738. The van der Waals surface area contributed by atoms with Gasteiger partial charge < -0.3 is 5.32 Å². The predicted molar refractivity (Wildman–Crippen MR) is 45.2 cm³/mol. The molecule has 4 heteroatoms. The molecule has 0 heterocycles. The zero-order chi connectivity index (χ0) is 10.2. The molecule has 0 aromatic rings. The van der Waals surface area contributed by atoms with Crippen LogP contribution in [0.15, 0.2) is 0 Å². The maximum atomic E-state index is 11.8. The fourth-order valence-corrected chi connectivity index (χ4v) is 0.738. The third kappa shape index (κ3) is 6.46. The highest BCUT2D eigenvalue weighted by molar-refractivity contribution is 4.71. The van der Waals surface area contributed by atoms with E-state index >= 15 is 0 Å². The summed E-state index contributed by atoms with van der Waals surface area (Å²) < 4.78 is 35.5. The molecule has 0 bridgehead atoms. The van der Waals surface area contributed by atoms with Gasteiger partial charge in [0.25, 0.3) is 0 Å². The van der Waals surface area contributed by atoms with Crippen LogP contribution in [0.25, 0.3) is 0 Å². The van der Waals surface area contributed by atoms with E-state index in [1.54, 1.807) is 6.92 Å². The first-order chi connectivity index (χ1) is 5.52. The van der Waals surface area contributed by atoms with Gasteiger partial charge in [-0.15, -0.1) is 0 Å². The average Bonchev–Trinajstić information content (AvgIpc) is 2.02. The molecule has 0 aromatic carbocycles. The van der Waals surface area contributed by atoms with Gasteiger partial charge in [-0.1, -0.05) is 27.7 Å². The lowest BCUT2D eigenvalue weighted by Crippen LogP contribution is -2.41. The molecule has 0 spiro atoms. The summed E-state index contributed by atoms with van der Waals surface area (Å²) in [6.07, 6.45) is -4.00. The number of hydrogen-bond donors (Lipinski definition) is 1. The zero-order valence-corrected chi connectivity index (χ0v) is 8.13. The van der Waals surface area contributed by atoms with Crippen LogP contribution in [0.3, 0.4) is 0 Å². The molecule has 0 aromatic heterocycles.